The number of para-hydroxylation sites is 3. The van der Waals surface area contributed by atoms with Gasteiger partial charge in [-0.15, -0.1) is 0 Å². The van der Waals surface area contributed by atoms with Gasteiger partial charge in [-0.05, 0) is 43.5 Å². The van der Waals surface area contributed by atoms with E-state index in [0.717, 1.165) is 49.5 Å². The van der Waals surface area contributed by atoms with Crippen LogP contribution in [-0.2, 0) is 11.3 Å². The first-order chi connectivity index (χ1) is 11.9. The Kier molecular flexibility index (Phi) is 4.47. The van der Waals surface area contributed by atoms with Crippen molar-refractivity contribution in [2.75, 3.05) is 13.2 Å². The lowest BCUT2D eigenvalue weighted by atomic mass is 10.2. The molecule has 4 rings (SSSR count). The maximum atomic E-state index is 5.87. The Bertz CT molecular complexity index is 792. The minimum absolute atomic E-state index is 0.132. The molecular formula is C20H22N2O2. The molecule has 0 bridgehead atoms. The van der Waals surface area contributed by atoms with Gasteiger partial charge in [0.25, 0.3) is 0 Å². The molecule has 2 aromatic carbocycles. The molecule has 0 N–H and O–H groups in total. The van der Waals surface area contributed by atoms with Crippen LogP contribution >= 0.6 is 0 Å². The Morgan fingerprint density at radius 3 is 2.75 bits per heavy atom. The molecule has 0 amide bonds. The molecule has 1 aliphatic rings. The minimum Gasteiger partial charge on any atom is -0.494 e. The largest absolute Gasteiger partial charge is 0.494 e. The lowest BCUT2D eigenvalue weighted by molar-refractivity contribution is 0.102. The number of benzene rings is 2. The summed E-state index contributed by atoms with van der Waals surface area (Å²) in [7, 11) is 0. The van der Waals surface area contributed by atoms with Crippen molar-refractivity contribution in [3.05, 3.63) is 60.4 Å². The molecular weight excluding hydrogens is 300 g/mol. The highest BCUT2D eigenvalue weighted by atomic mass is 16.5. The Balaban J connectivity index is 1.48. The van der Waals surface area contributed by atoms with Gasteiger partial charge in [0.1, 0.15) is 17.7 Å². The number of ether oxygens (including phenoxy) is 2. The molecule has 2 heterocycles. The Morgan fingerprint density at radius 1 is 1.08 bits per heavy atom. The topological polar surface area (TPSA) is 36.3 Å². The van der Waals surface area contributed by atoms with Gasteiger partial charge in [0.2, 0.25) is 0 Å². The molecule has 0 radical (unpaired) electrons. The maximum absolute atomic E-state index is 5.87. The van der Waals surface area contributed by atoms with Crippen molar-refractivity contribution >= 4 is 11.0 Å². The summed E-state index contributed by atoms with van der Waals surface area (Å²) in [6.07, 6.45) is 3.25. The van der Waals surface area contributed by atoms with Gasteiger partial charge in [-0.2, -0.15) is 0 Å². The van der Waals surface area contributed by atoms with Crippen molar-refractivity contribution in [3.8, 4) is 5.75 Å². The van der Waals surface area contributed by atoms with E-state index >= 15 is 0 Å². The number of fused-ring (bicyclic) bond motifs is 1. The van der Waals surface area contributed by atoms with Crippen LogP contribution in [0.25, 0.3) is 11.0 Å². The van der Waals surface area contributed by atoms with Crippen LogP contribution in [0.5, 0.6) is 5.75 Å². The van der Waals surface area contributed by atoms with Gasteiger partial charge < -0.3 is 14.0 Å². The fourth-order valence-corrected chi connectivity index (χ4v) is 3.29. The van der Waals surface area contributed by atoms with Crippen LogP contribution in [0.15, 0.2) is 54.6 Å². The van der Waals surface area contributed by atoms with Crippen molar-refractivity contribution in [3.63, 3.8) is 0 Å². The molecule has 1 aliphatic heterocycles. The summed E-state index contributed by atoms with van der Waals surface area (Å²) in [5.41, 5.74) is 2.23. The zero-order valence-electron chi connectivity index (χ0n) is 13.7. The Labute approximate surface area is 142 Å². The second kappa shape index (κ2) is 7.05. The van der Waals surface area contributed by atoms with Crippen LogP contribution in [0, 0.1) is 0 Å². The second-order valence-corrected chi connectivity index (χ2v) is 6.13. The van der Waals surface area contributed by atoms with Crippen molar-refractivity contribution in [1.29, 1.82) is 0 Å². The number of hydrogen-bond donors (Lipinski definition) is 0. The molecule has 124 valence electrons. The van der Waals surface area contributed by atoms with Crippen LogP contribution < -0.4 is 4.74 Å². The SMILES string of the molecule is c1ccc(OCCCn2c(C3CCCO3)nc3ccccc32)cc1. The highest BCUT2D eigenvalue weighted by Gasteiger charge is 2.24. The van der Waals surface area contributed by atoms with Crippen LogP contribution in [0.1, 0.15) is 31.2 Å². The van der Waals surface area contributed by atoms with Gasteiger partial charge in [0.05, 0.1) is 17.6 Å². The molecule has 1 atom stereocenters. The summed E-state index contributed by atoms with van der Waals surface area (Å²) in [6, 6.07) is 18.3. The zero-order chi connectivity index (χ0) is 16.2. The molecule has 3 aromatic rings. The fraction of sp³-hybridized carbons (Fsp3) is 0.350. The van der Waals surface area contributed by atoms with Gasteiger partial charge in [0, 0.05) is 13.2 Å². The van der Waals surface area contributed by atoms with Crippen LogP contribution in [0.4, 0.5) is 0 Å². The van der Waals surface area contributed by atoms with Crippen LogP contribution in [0.2, 0.25) is 0 Å². The standard InChI is InChI=1S/C20H22N2O2/c1-2-8-16(9-3-1)23-15-7-13-22-18-11-5-4-10-17(18)21-20(22)19-12-6-14-24-19/h1-5,8-11,19H,6-7,12-15H2. The lowest BCUT2D eigenvalue weighted by Gasteiger charge is -2.14. The van der Waals surface area contributed by atoms with E-state index < -0.39 is 0 Å². The molecule has 4 nitrogen and oxygen atoms in total. The van der Waals surface area contributed by atoms with Crippen molar-refractivity contribution in [2.24, 2.45) is 0 Å². The minimum atomic E-state index is 0.132. The average molecular weight is 322 g/mol. The molecule has 24 heavy (non-hydrogen) atoms. The molecule has 1 fully saturated rings. The van der Waals surface area contributed by atoms with E-state index in [-0.39, 0.29) is 6.10 Å². The molecule has 1 aromatic heterocycles. The van der Waals surface area contributed by atoms with Gasteiger partial charge in [-0.3, -0.25) is 0 Å². The van der Waals surface area contributed by atoms with E-state index in [1.807, 2.05) is 36.4 Å². The van der Waals surface area contributed by atoms with E-state index in [2.05, 4.69) is 22.8 Å². The molecule has 0 aliphatic carbocycles. The van der Waals surface area contributed by atoms with E-state index in [1.165, 1.54) is 5.52 Å². The van der Waals surface area contributed by atoms with Crippen molar-refractivity contribution in [1.82, 2.24) is 9.55 Å². The first-order valence-corrected chi connectivity index (χ1v) is 8.66. The lowest BCUT2D eigenvalue weighted by Crippen LogP contribution is -2.11. The second-order valence-electron chi connectivity index (χ2n) is 6.13. The molecule has 0 spiro atoms. The number of nitrogens with zero attached hydrogens (tertiary/aromatic N) is 2. The third-order valence-corrected chi connectivity index (χ3v) is 4.44. The van der Waals surface area contributed by atoms with Gasteiger partial charge in [0.15, 0.2) is 0 Å². The summed E-state index contributed by atoms with van der Waals surface area (Å²) < 4.78 is 14.0. The third kappa shape index (κ3) is 3.15. The smallest absolute Gasteiger partial charge is 0.139 e. The fourth-order valence-electron chi connectivity index (χ4n) is 3.29. The van der Waals surface area contributed by atoms with Crippen LogP contribution in [0.3, 0.4) is 0 Å². The van der Waals surface area contributed by atoms with E-state index in [4.69, 9.17) is 14.5 Å². The summed E-state index contributed by atoms with van der Waals surface area (Å²) >= 11 is 0. The Hall–Kier alpha value is -2.33. The van der Waals surface area contributed by atoms with Gasteiger partial charge in [-0.25, -0.2) is 4.98 Å². The molecule has 1 unspecified atom stereocenters. The van der Waals surface area contributed by atoms with E-state index in [1.54, 1.807) is 0 Å². The predicted octanol–water partition coefficient (Wildman–Crippen LogP) is 4.36. The Morgan fingerprint density at radius 2 is 1.92 bits per heavy atom. The number of hydrogen-bond acceptors (Lipinski definition) is 3. The molecule has 4 heteroatoms. The molecule has 0 saturated carbocycles. The summed E-state index contributed by atoms with van der Waals surface area (Å²) in [5, 5.41) is 0. The number of aryl methyl sites for hydroxylation is 1. The highest BCUT2D eigenvalue weighted by molar-refractivity contribution is 5.76. The first kappa shape index (κ1) is 15.2. The monoisotopic (exact) mass is 322 g/mol. The number of aromatic nitrogens is 2. The van der Waals surface area contributed by atoms with E-state index in [9.17, 15) is 0 Å². The predicted molar refractivity (Wildman–Crippen MR) is 94.2 cm³/mol. The van der Waals surface area contributed by atoms with Crippen molar-refractivity contribution < 1.29 is 9.47 Å². The number of rotatable bonds is 6. The first-order valence-electron chi connectivity index (χ1n) is 8.66. The van der Waals surface area contributed by atoms with Gasteiger partial charge >= 0.3 is 0 Å². The normalized spacial score (nSPS) is 17.4. The highest BCUT2D eigenvalue weighted by Crippen LogP contribution is 2.30. The van der Waals surface area contributed by atoms with Crippen molar-refractivity contribution in [2.45, 2.75) is 31.9 Å². The van der Waals surface area contributed by atoms with E-state index in [0.29, 0.717) is 6.61 Å². The summed E-state index contributed by atoms with van der Waals surface area (Å²) in [5.74, 6) is 1.99. The molecule has 1 saturated heterocycles. The summed E-state index contributed by atoms with van der Waals surface area (Å²) in [4.78, 5) is 4.83. The number of imidazole rings is 1. The third-order valence-electron chi connectivity index (χ3n) is 4.44. The quantitative estimate of drug-likeness (QED) is 0.633. The van der Waals surface area contributed by atoms with Crippen LogP contribution in [-0.4, -0.2) is 22.8 Å². The zero-order valence-corrected chi connectivity index (χ0v) is 13.7. The maximum Gasteiger partial charge on any atom is 0.139 e. The van der Waals surface area contributed by atoms with Gasteiger partial charge in [-0.1, -0.05) is 30.3 Å². The average Bonchev–Trinajstić information content (AvgIpc) is 3.27. The summed E-state index contributed by atoms with van der Waals surface area (Å²) in [6.45, 7) is 2.43.